The van der Waals surface area contributed by atoms with E-state index < -0.39 is 10.0 Å². The number of rotatable bonds is 6. The monoisotopic (exact) mass is 428 g/mol. The first-order valence-corrected chi connectivity index (χ1v) is 10.9. The Morgan fingerprint density at radius 3 is 2.28 bits per heavy atom. The summed E-state index contributed by atoms with van der Waals surface area (Å²) < 4.78 is 27.3. The zero-order valence-electron chi connectivity index (χ0n) is 16.0. The van der Waals surface area contributed by atoms with E-state index in [1.807, 2.05) is 38.1 Å². The summed E-state index contributed by atoms with van der Waals surface area (Å²) in [5, 5.41) is 3.09. The van der Waals surface area contributed by atoms with Crippen molar-refractivity contribution in [1.82, 2.24) is 5.32 Å². The Morgan fingerprint density at radius 1 is 0.966 bits per heavy atom. The molecule has 0 saturated carbocycles. The van der Waals surface area contributed by atoms with E-state index in [1.165, 1.54) is 30.3 Å². The molecule has 29 heavy (non-hydrogen) atoms. The van der Waals surface area contributed by atoms with E-state index in [0.717, 1.165) is 11.1 Å². The number of anilines is 1. The van der Waals surface area contributed by atoms with Crippen molar-refractivity contribution in [3.63, 3.8) is 0 Å². The molecule has 0 heterocycles. The normalized spacial score (nSPS) is 12.2. The maximum Gasteiger partial charge on any atom is 0.261 e. The number of nitrogens with one attached hydrogen (secondary N) is 2. The van der Waals surface area contributed by atoms with Crippen LogP contribution in [0, 0.1) is 6.92 Å². The Balaban J connectivity index is 1.75. The number of aryl methyl sites for hydroxylation is 1. The Labute approximate surface area is 175 Å². The molecule has 2 N–H and O–H groups in total. The fraction of sp³-hybridized carbons (Fsp3) is 0.136. The lowest BCUT2D eigenvalue weighted by Crippen LogP contribution is -2.27. The van der Waals surface area contributed by atoms with E-state index in [2.05, 4.69) is 10.0 Å². The van der Waals surface area contributed by atoms with Crippen LogP contribution in [-0.4, -0.2) is 14.3 Å². The molecule has 0 aliphatic carbocycles. The Hall–Kier alpha value is -2.83. The average Bonchev–Trinajstić information content (AvgIpc) is 2.68. The van der Waals surface area contributed by atoms with E-state index in [1.54, 1.807) is 18.2 Å². The van der Waals surface area contributed by atoms with Crippen LogP contribution in [0.1, 0.15) is 34.5 Å². The predicted octanol–water partition coefficient (Wildman–Crippen LogP) is 4.94. The lowest BCUT2D eigenvalue weighted by atomic mass is 10.0. The molecule has 0 aliphatic heterocycles. The summed E-state index contributed by atoms with van der Waals surface area (Å²) in [6.07, 6.45) is 0. The van der Waals surface area contributed by atoms with Crippen LogP contribution in [0.2, 0.25) is 5.02 Å². The predicted molar refractivity (Wildman–Crippen MR) is 116 cm³/mol. The van der Waals surface area contributed by atoms with E-state index in [0.29, 0.717) is 0 Å². The second-order valence-corrected chi connectivity index (χ2v) is 8.75. The minimum absolute atomic E-state index is 0.144. The van der Waals surface area contributed by atoms with Crippen molar-refractivity contribution in [3.05, 3.63) is 94.5 Å². The number of carbonyl (C=O) groups excluding carboxylic acids is 1. The van der Waals surface area contributed by atoms with Gasteiger partial charge in [-0.1, -0.05) is 54.1 Å². The van der Waals surface area contributed by atoms with Gasteiger partial charge in [0.15, 0.2) is 0 Å². The van der Waals surface area contributed by atoms with Crippen molar-refractivity contribution in [3.8, 4) is 0 Å². The number of halogens is 1. The van der Waals surface area contributed by atoms with Crippen molar-refractivity contribution in [1.29, 1.82) is 0 Å². The van der Waals surface area contributed by atoms with Gasteiger partial charge >= 0.3 is 0 Å². The van der Waals surface area contributed by atoms with Gasteiger partial charge in [0.05, 0.1) is 27.2 Å². The molecule has 3 aromatic carbocycles. The molecule has 0 spiro atoms. The highest BCUT2D eigenvalue weighted by atomic mass is 35.5. The summed E-state index contributed by atoms with van der Waals surface area (Å²) in [5.41, 5.74) is 2.65. The molecule has 7 heteroatoms. The number of carbonyl (C=O) groups is 1. The van der Waals surface area contributed by atoms with Crippen LogP contribution in [0.5, 0.6) is 0 Å². The molecule has 0 radical (unpaired) electrons. The van der Waals surface area contributed by atoms with Gasteiger partial charge in [0, 0.05) is 0 Å². The third kappa shape index (κ3) is 4.96. The van der Waals surface area contributed by atoms with Gasteiger partial charge < -0.3 is 5.32 Å². The van der Waals surface area contributed by atoms with Gasteiger partial charge in [-0.3, -0.25) is 9.52 Å². The molecule has 0 fully saturated rings. The summed E-state index contributed by atoms with van der Waals surface area (Å²) in [6, 6.07) is 20.1. The van der Waals surface area contributed by atoms with Gasteiger partial charge in [-0.05, 0) is 55.3 Å². The molecule has 0 bridgehead atoms. The first-order valence-electron chi connectivity index (χ1n) is 9.02. The third-order valence-corrected chi connectivity index (χ3v) is 6.23. The molecule has 0 saturated heterocycles. The Bertz CT molecular complexity index is 1130. The van der Waals surface area contributed by atoms with Gasteiger partial charge in [-0.15, -0.1) is 0 Å². The molecule has 0 aromatic heterocycles. The molecule has 1 unspecified atom stereocenters. The molecular weight excluding hydrogens is 408 g/mol. The summed E-state index contributed by atoms with van der Waals surface area (Å²) in [6.45, 7) is 3.88. The molecule has 150 valence electrons. The van der Waals surface area contributed by atoms with Gasteiger partial charge in [0.25, 0.3) is 15.9 Å². The van der Waals surface area contributed by atoms with Gasteiger partial charge in [-0.25, -0.2) is 8.42 Å². The lowest BCUT2D eigenvalue weighted by Gasteiger charge is -2.17. The van der Waals surface area contributed by atoms with Gasteiger partial charge in [-0.2, -0.15) is 0 Å². The molecule has 1 atom stereocenters. The molecule has 5 nitrogen and oxygen atoms in total. The number of hydrogen-bond acceptors (Lipinski definition) is 3. The van der Waals surface area contributed by atoms with Crippen molar-refractivity contribution in [2.24, 2.45) is 0 Å². The van der Waals surface area contributed by atoms with Crippen LogP contribution in [0.4, 0.5) is 5.69 Å². The molecule has 3 rings (SSSR count). The zero-order chi connectivity index (χ0) is 21.0. The first-order chi connectivity index (χ1) is 13.8. The lowest BCUT2D eigenvalue weighted by molar-refractivity contribution is 0.0940. The van der Waals surface area contributed by atoms with E-state index in [9.17, 15) is 13.2 Å². The largest absolute Gasteiger partial charge is 0.345 e. The van der Waals surface area contributed by atoms with Crippen molar-refractivity contribution in [2.45, 2.75) is 24.8 Å². The summed E-state index contributed by atoms with van der Waals surface area (Å²) in [7, 11) is -3.73. The highest BCUT2D eigenvalue weighted by Gasteiger charge is 2.18. The van der Waals surface area contributed by atoms with E-state index in [-0.39, 0.29) is 33.1 Å². The summed E-state index contributed by atoms with van der Waals surface area (Å²) in [5.74, 6) is -0.330. The number of sulfonamides is 1. The second kappa shape index (κ2) is 8.68. The fourth-order valence-corrected chi connectivity index (χ4v) is 4.34. The van der Waals surface area contributed by atoms with Crippen LogP contribution in [0.3, 0.4) is 0 Å². The van der Waals surface area contributed by atoms with Crippen molar-refractivity contribution >= 4 is 33.2 Å². The summed E-state index contributed by atoms with van der Waals surface area (Å²) in [4.78, 5) is 12.8. The minimum atomic E-state index is -3.73. The average molecular weight is 429 g/mol. The van der Waals surface area contributed by atoms with Crippen LogP contribution >= 0.6 is 11.6 Å². The standard InChI is InChI=1S/C22H21ClN2O3S/c1-15-8-6-7-11-19(15)16(2)24-22(26)20-13-12-17(14-21(20)23)25-29(27,28)18-9-4-3-5-10-18/h3-14,16,25H,1-2H3,(H,24,26). The molecular formula is C22H21ClN2O3S. The van der Waals surface area contributed by atoms with Gasteiger partial charge in [0.1, 0.15) is 0 Å². The zero-order valence-corrected chi connectivity index (χ0v) is 17.6. The van der Waals surface area contributed by atoms with Crippen molar-refractivity contribution < 1.29 is 13.2 Å². The fourth-order valence-electron chi connectivity index (χ4n) is 3.00. The van der Waals surface area contributed by atoms with E-state index >= 15 is 0 Å². The molecule has 0 aliphatic rings. The highest BCUT2D eigenvalue weighted by Crippen LogP contribution is 2.24. The minimum Gasteiger partial charge on any atom is -0.345 e. The van der Waals surface area contributed by atoms with Crippen LogP contribution < -0.4 is 10.0 Å². The third-order valence-electron chi connectivity index (χ3n) is 4.52. The highest BCUT2D eigenvalue weighted by molar-refractivity contribution is 7.92. The number of benzene rings is 3. The number of amides is 1. The van der Waals surface area contributed by atoms with Crippen LogP contribution in [0.15, 0.2) is 77.7 Å². The van der Waals surface area contributed by atoms with E-state index in [4.69, 9.17) is 11.6 Å². The smallest absolute Gasteiger partial charge is 0.261 e. The van der Waals surface area contributed by atoms with Crippen LogP contribution in [0.25, 0.3) is 0 Å². The van der Waals surface area contributed by atoms with Crippen molar-refractivity contribution in [2.75, 3.05) is 4.72 Å². The van der Waals surface area contributed by atoms with Crippen LogP contribution in [-0.2, 0) is 10.0 Å². The second-order valence-electron chi connectivity index (χ2n) is 6.66. The Kier molecular flexibility index (Phi) is 6.25. The SMILES string of the molecule is Cc1ccccc1C(C)NC(=O)c1ccc(NS(=O)(=O)c2ccccc2)cc1Cl. The topological polar surface area (TPSA) is 75.3 Å². The quantitative estimate of drug-likeness (QED) is 0.583. The maximum atomic E-state index is 12.6. The Morgan fingerprint density at radius 2 is 1.62 bits per heavy atom. The number of hydrogen-bond donors (Lipinski definition) is 2. The molecule has 3 aromatic rings. The molecule has 1 amide bonds. The maximum absolute atomic E-state index is 12.6. The first kappa shape index (κ1) is 20.9. The summed E-state index contributed by atoms with van der Waals surface area (Å²) >= 11 is 6.26. The van der Waals surface area contributed by atoms with Gasteiger partial charge in [0.2, 0.25) is 0 Å².